The number of hydrogen-bond donors (Lipinski definition) is 0. The average molecular weight is 722 g/mol. The van der Waals surface area contributed by atoms with Gasteiger partial charge in [0.05, 0.1) is 35.2 Å². The van der Waals surface area contributed by atoms with Crippen molar-refractivity contribution < 1.29 is 28.4 Å². The topological polar surface area (TPSA) is 55.4 Å². The molecule has 2 saturated heterocycles. The van der Waals surface area contributed by atoms with E-state index < -0.39 is 8.80 Å². The van der Waals surface area contributed by atoms with Crippen molar-refractivity contribution in [2.75, 3.05) is 39.6 Å². The van der Waals surface area contributed by atoms with Crippen LogP contribution >= 0.6 is 15.9 Å². The standard InChI is InChI=1S/C22H38O3Si.C16H23BrO3/c1-16(2)26(17(3)4)22-18(5)14-20(15-19(22)6)23-12-9-13-25-21-10-7-8-11-24-21;1-12-10-14(11-13(2)16(12)17)18-8-5-9-20-15-6-3-4-7-19-15/h14-17,21,26H,7-13H2,1-6H3;10-11,15H,3-9H2,1-2H3. The van der Waals surface area contributed by atoms with Crippen molar-refractivity contribution in [1.82, 2.24) is 0 Å². The van der Waals surface area contributed by atoms with Crippen molar-refractivity contribution in [3.63, 3.8) is 0 Å². The van der Waals surface area contributed by atoms with Crippen LogP contribution in [0.3, 0.4) is 0 Å². The Morgan fingerprint density at radius 3 is 1.43 bits per heavy atom. The monoisotopic (exact) mass is 720 g/mol. The summed E-state index contributed by atoms with van der Waals surface area (Å²) in [6.45, 7) is 22.6. The number of hydrogen-bond acceptors (Lipinski definition) is 6. The molecule has 0 aliphatic carbocycles. The first-order valence-electron chi connectivity index (χ1n) is 17.7. The zero-order chi connectivity index (χ0) is 33.5. The van der Waals surface area contributed by atoms with E-state index >= 15 is 0 Å². The normalized spacial score (nSPS) is 18.5. The lowest BCUT2D eigenvalue weighted by Gasteiger charge is -2.27. The highest BCUT2D eigenvalue weighted by Gasteiger charge is 2.25. The second kappa shape index (κ2) is 20.8. The molecule has 0 radical (unpaired) electrons. The fraction of sp³-hybridized carbons (Fsp3) is 0.684. The predicted molar refractivity (Wildman–Crippen MR) is 196 cm³/mol. The largest absolute Gasteiger partial charge is 0.493 e. The average Bonchev–Trinajstić information content (AvgIpc) is 3.02. The number of halogens is 1. The Hall–Kier alpha value is -1.42. The van der Waals surface area contributed by atoms with E-state index in [1.54, 1.807) is 5.19 Å². The molecule has 260 valence electrons. The van der Waals surface area contributed by atoms with Gasteiger partial charge in [0.15, 0.2) is 12.6 Å². The Morgan fingerprint density at radius 2 is 1.07 bits per heavy atom. The molecule has 2 fully saturated rings. The number of benzene rings is 2. The van der Waals surface area contributed by atoms with Gasteiger partial charge in [0.1, 0.15) is 11.5 Å². The zero-order valence-electron chi connectivity index (χ0n) is 29.9. The summed E-state index contributed by atoms with van der Waals surface area (Å²) in [6, 6.07) is 8.58. The van der Waals surface area contributed by atoms with E-state index in [4.69, 9.17) is 28.4 Å². The molecular weight excluding hydrogens is 660 g/mol. The third-order valence-corrected chi connectivity index (χ3v) is 14.4. The van der Waals surface area contributed by atoms with Crippen LogP contribution in [-0.4, -0.2) is 61.0 Å². The molecule has 0 aromatic heterocycles. The fourth-order valence-corrected chi connectivity index (χ4v) is 10.9. The van der Waals surface area contributed by atoms with Crippen LogP contribution in [0.1, 0.15) is 101 Å². The van der Waals surface area contributed by atoms with Gasteiger partial charge >= 0.3 is 0 Å². The van der Waals surface area contributed by atoms with E-state index in [1.807, 2.05) is 0 Å². The zero-order valence-corrected chi connectivity index (χ0v) is 32.7. The first-order valence-corrected chi connectivity index (χ1v) is 20.4. The van der Waals surface area contributed by atoms with E-state index in [9.17, 15) is 0 Å². The van der Waals surface area contributed by atoms with Crippen LogP contribution in [-0.2, 0) is 18.9 Å². The summed E-state index contributed by atoms with van der Waals surface area (Å²) in [4.78, 5) is 0. The third-order valence-electron chi connectivity index (χ3n) is 8.75. The predicted octanol–water partition coefficient (Wildman–Crippen LogP) is 9.25. The molecule has 0 spiro atoms. The molecule has 8 heteroatoms. The second-order valence-electron chi connectivity index (χ2n) is 13.6. The summed E-state index contributed by atoms with van der Waals surface area (Å²) in [5, 5.41) is 1.64. The summed E-state index contributed by atoms with van der Waals surface area (Å²) < 4.78 is 35.5. The van der Waals surface area contributed by atoms with Gasteiger partial charge in [-0.2, -0.15) is 0 Å². The van der Waals surface area contributed by atoms with Gasteiger partial charge in [-0.05, 0) is 124 Å². The summed E-state index contributed by atoms with van der Waals surface area (Å²) in [6.07, 6.45) is 8.57. The molecular formula is C38H61BrO6Si. The maximum absolute atomic E-state index is 6.01. The van der Waals surface area contributed by atoms with E-state index in [0.717, 1.165) is 78.8 Å². The molecule has 0 saturated carbocycles. The van der Waals surface area contributed by atoms with Crippen LogP contribution in [0.4, 0.5) is 0 Å². The first-order chi connectivity index (χ1) is 22.1. The molecule has 2 aromatic carbocycles. The smallest absolute Gasteiger partial charge is 0.157 e. The molecule has 6 nitrogen and oxygen atoms in total. The highest BCUT2D eigenvalue weighted by Crippen LogP contribution is 2.27. The minimum atomic E-state index is -0.983. The van der Waals surface area contributed by atoms with Gasteiger partial charge in [0, 0.05) is 30.5 Å². The van der Waals surface area contributed by atoms with Crippen molar-refractivity contribution in [3.05, 3.63) is 51.0 Å². The Morgan fingerprint density at radius 1 is 0.652 bits per heavy atom. The van der Waals surface area contributed by atoms with Gasteiger partial charge in [-0.15, -0.1) is 0 Å². The summed E-state index contributed by atoms with van der Waals surface area (Å²) in [7, 11) is -0.983. The first kappa shape index (κ1) is 39.0. The number of aryl methyl sites for hydroxylation is 4. The van der Waals surface area contributed by atoms with E-state index in [-0.39, 0.29) is 12.6 Å². The van der Waals surface area contributed by atoms with E-state index in [1.165, 1.54) is 35.1 Å². The molecule has 0 bridgehead atoms. The van der Waals surface area contributed by atoms with Gasteiger partial charge in [0.2, 0.25) is 0 Å². The van der Waals surface area contributed by atoms with Gasteiger partial charge in [0.25, 0.3) is 0 Å². The molecule has 4 rings (SSSR count). The van der Waals surface area contributed by atoms with Gasteiger partial charge < -0.3 is 28.4 Å². The Balaban J connectivity index is 0.000000259. The summed E-state index contributed by atoms with van der Waals surface area (Å²) >= 11 is 3.56. The van der Waals surface area contributed by atoms with Crippen LogP contribution in [0.25, 0.3) is 0 Å². The van der Waals surface area contributed by atoms with Crippen molar-refractivity contribution in [2.24, 2.45) is 0 Å². The van der Waals surface area contributed by atoms with E-state index in [0.29, 0.717) is 26.4 Å². The van der Waals surface area contributed by atoms with Crippen LogP contribution in [0.15, 0.2) is 28.7 Å². The lowest BCUT2D eigenvalue weighted by molar-refractivity contribution is -0.163. The molecule has 2 aliphatic rings. The van der Waals surface area contributed by atoms with Crippen LogP contribution in [0.2, 0.25) is 11.1 Å². The minimum absolute atomic E-state index is 0.000851. The molecule has 2 aliphatic heterocycles. The van der Waals surface area contributed by atoms with Crippen LogP contribution in [0, 0.1) is 27.7 Å². The molecule has 2 atom stereocenters. The summed E-state index contributed by atoms with van der Waals surface area (Å²) in [5.74, 6) is 1.93. The number of ether oxygens (including phenoxy) is 6. The summed E-state index contributed by atoms with van der Waals surface area (Å²) in [5.41, 5.74) is 6.77. The lowest BCUT2D eigenvalue weighted by Crippen LogP contribution is -2.39. The highest BCUT2D eigenvalue weighted by atomic mass is 79.9. The molecule has 0 N–H and O–H groups in total. The van der Waals surface area contributed by atoms with Crippen molar-refractivity contribution in [1.29, 1.82) is 0 Å². The van der Waals surface area contributed by atoms with E-state index in [2.05, 4.69) is 95.6 Å². The fourth-order valence-electron chi connectivity index (χ4n) is 6.58. The molecule has 2 aromatic rings. The molecule has 2 unspecified atom stereocenters. The maximum Gasteiger partial charge on any atom is 0.157 e. The Bertz CT molecular complexity index is 1110. The second-order valence-corrected chi connectivity index (χ2v) is 18.7. The van der Waals surface area contributed by atoms with Crippen molar-refractivity contribution in [2.45, 2.75) is 130 Å². The van der Waals surface area contributed by atoms with Crippen LogP contribution < -0.4 is 14.7 Å². The molecule has 2 heterocycles. The lowest BCUT2D eigenvalue weighted by atomic mass is 10.1. The Labute approximate surface area is 289 Å². The SMILES string of the molecule is Cc1cc(OCCCOC2CCCCO2)cc(C)c1Br.Cc1cc(OCCCOC2CCCCO2)cc(C)c1[SiH](C(C)C)C(C)C. The highest BCUT2D eigenvalue weighted by molar-refractivity contribution is 9.10. The quantitative estimate of drug-likeness (QED) is 0.135. The van der Waals surface area contributed by atoms with Crippen molar-refractivity contribution >= 4 is 29.9 Å². The van der Waals surface area contributed by atoms with Crippen molar-refractivity contribution in [3.8, 4) is 11.5 Å². The number of rotatable bonds is 15. The molecule has 46 heavy (non-hydrogen) atoms. The van der Waals surface area contributed by atoms with Gasteiger partial charge in [-0.3, -0.25) is 0 Å². The maximum atomic E-state index is 6.01. The Kier molecular flexibility index (Phi) is 17.7. The van der Waals surface area contributed by atoms with Gasteiger partial charge in [-0.25, -0.2) is 0 Å². The minimum Gasteiger partial charge on any atom is -0.493 e. The molecule has 0 amide bonds. The van der Waals surface area contributed by atoms with Crippen LogP contribution in [0.5, 0.6) is 11.5 Å². The van der Waals surface area contributed by atoms with Gasteiger partial charge in [-0.1, -0.05) is 48.8 Å². The third kappa shape index (κ3) is 13.2.